The van der Waals surface area contributed by atoms with E-state index in [0.717, 1.165) is 5.56 Å². The van der Waals surface area contributed by atoms with Gasteiger partial charge in [-0.3, -0.25) is 0 Å². The van der Waals surface area contributed by atoms with Crippen molar-refractivity contribution in [1.82, 2.24) is 9.78 Å². The standard InChI is InChI=1S/C13H15N3/c1-3-12-8-15-16(13(12)14)9-11-6-4-10(2)5-7-11/h3-8H,1,9,14H2,2H3. The van der Waals surface area contributed by atoms with Crippen molar-refractivity contribution < 1.29 is 0 Å². The van der Waals surface area contributed by atoms with Crippen LogP contribution in [0.2, 0.25) is 0 Å². The minimum Gasteiger partial charge on any atom is -0.383 e. The molecule has 0 spiro atoms. The molecular weight excluding hydrogens is 198 g/mol. The fourth-order valence-corrected chi connectivity index (χ4v) is 1.56. The third kappa shape index (κ3) is 1.98. The molecule has 0 aliphatic heterocycles. The molecule has 3 heteroatoms. The maximum Gasteiger partial charge on any atom is 0.129 e. The van der Waals surface area contributed by atoms with Gasteiger partial charge in [0.2, 0.25) is 0 Å². The quantitative estimate of drug-likeness (QED) is 0.851. The molecule has 16 heavy (non-hydrogen) atoms. The predicted octanol–water partition coefficient (Wildman–Crippen LogP) is 2.47. The van der Waals surface area contributed by atoms with Gasteiger partial charge in [0.1, 0.15) is 5.82 Å². The van der Waals surface area contributed by atoms with E-state index in [1.165, 1.54) is 11.1 Å². The summed E-state index contributed by atoms with van der Waals surface area (Å²) >= 11 is 0. The zero-order valence-corrected chi connectivity index (χ0v) is 9.35. The van der Waals surface area contributed by atoms with E-state index in [9.17, 15) is 0 Å². The van der Waals surface area contributed by atoms with Crippen LogP contribution < -0.4 is 5.73 Å². The molecule has 1 heterocycles. The lowest BCUT2D eigenvalue weighted by Gasteiger charge is -2.05. The largest absolute Gasteiger partial charge is 0.383 e. The maximum atomic E-state index is 5.92. The Bertz CT molecular complexity index is 494. The average molecular weight is 213 g/mol. The minimum atomic E-state index is 0.663. The van der Waals surface area contributed by atoms with E-state index in [1.54, 1.807) is 17.0 Å². The van der Waals surface area contributed by atoms with Crippen molar-refractivity contribution in [2.75, 3.05) is 5.73 Å². The monoisotopic (exact) mass is 213 g/mol. The van der Waals surface area contributed by atoms with Crippen LogP contribution in [-0.4, -0.2) is 9.78 Å². The van der Waals surface area contributed by atoms with Gasteiger partial charge in [0, 0.05) is 5.56 Å². The SMILES string of the molecule is C=Cc1cnn(Cc2ccc(C)cc2)c1N. The first-order chi connectivity index (χ1) is 7.70. The van der Waals surface area contributed by atoms with E-state index in [1.807, 2.05) is 0 Å². The van der Waals surface area contributed by atoms with Crippen LogP contribution in [-0.2, 0) is 6.54 Å². The molecule has 2 aromatic rings. The molecule has 0 atom stereocenters. The summed E-state index contributed by atoms with van der Waals surface area (Å²) in [5.41, 5.74) is 9.25. The molecule has 2 rings (SSSR count). The zero-order valence-electron chi connectivity index (χ0n) is 9.35. The molecule has 3 nitrogen and oxygen atoms in total. The normalized spacial score (nSPS) is 10.3. The Morgan fingerprint density at radius 3 is 2.62 bits per heavy atom. The van der Waals surface area contributed by atoms with Crippen molar-refractivity contribution in [2.45, 2.75) is 13.5 Å². The van der Waals surface area contributed by atoms with Crippen molar-refractivity contribution in [3.63, 3.8) is 0 Å². The number of hydrogen-bond acceptors (Lipinski definition) is 2. The highest BCUT2D eigenvalue weighted by atomic mass is 15.3. The summed E-state index contributed by atoms with van der Waals surface area (Å²) in [6.07, 6.45) is 3.45. The summed E-state index contributed by atoms with van der Waals surface area (Å²) in [4.78, 5) is 0. The Hall–Kier alpha value is -2.03. The van der Waals surface area contributed by atoms with Crippen molar-refractivity contribution in [1.29, 1.82) is 0 Å². The van der Waals surface area contributed by atoms with E-state index in [0.29, 0.717) is 12.4 Å². The second-order valence-corrected chi connectivity index (χ2v) is 3.83. The van der Waals surface area contributed by atoms with Crippen LogP contribution in [0.4, 0.5) is 5.82 Å². The number of nitrogens with zero attached hydrogens (tertiary/aromatic N) is 2. The Kier molecular flexibility index (Phi) is 2.77. The number of nitrogen functional groups attached to an aromatic ring is 1. The van der Waals surface area contributed by atoms with Crippen molar-refractivity contribution >= 4 is 11.9 Å². The second kappa shape index (κ2) is 4.23. The summed E-state index contributed by atoms with van der Waals surface area (Å²) in [7, 11) is 0. The summed E-state index contributed by atoms with van der Waals surface area (Å²) < 4.78 is 1.78. The molecule has 82 valence electrons. The van der Waals surface area contributed by atoms with E-state index < -0.39 is 0 Å². The van der Waals surface area contributed by atoms with Crippen molar-refractivity contribution in [2.24, 2.45) is 0 Å². The molecule has 0 fully saturated rings. The van der Waals surface area contributed by atoms with Crippen LogP contribution in [0.3, 0.4) is 0 Å². The minimum absolute atomic E-state index is 0.663. The lowest BCUT2D eigenvalue weighted by atomic mass is 10.1. The van der Waals surface area contributed by atoms with Gasteiger partial charge >= 0.3 is 0 Å². The maximum absolute atomic E-state index is 5.92. The highest BCUT2D eigenvalue weighted by molar-refractivity contribution is 5.59. The molecule has 0 amide bonds. The van der Waals surface area contributed by atoms with Crippen molar-refractivity contribution in [3.05, 3.63) is 53.7 Å². The van der Waals surface area contributed by atoms with Crippen LogP contribution in [0, 0.1) is 6.92 Å². The Morgan fingerprint density at radius 1 is 1.38 bits per heavy atom. The van der Waals surface area contributed by atoms with E-state index in [4.69, 9.17) is 5.73 Å². The fourth-order valence-electron chi connectivity index (χ4n) is 1.56. The summed E-state index contributed by atoms with van der Waals surface area (Å²) in [5, 5.41) is 4.22. The Balaban J connectivity index is 2.23. The number of aromatic nitrogens is 2. The van der Waals surface area contributed by atoms with Gasteiger partial charge in [-0.25, -0.2) is 4.68 Å². The van der Waals surface area contributed by atoms with Gasteiger partial charge in [-0.2, -0.15) is 5.10 Å². The number of nitrogens with two attached hydrogens (primary N) is 1. The second-order valence-electron chi connectivity index (χ2n) is 3.83. The Labute approximate surface area is 95.2 Å². The summed E-state index contributed by atoms with van der Waals surface area (Å²) in [6, 6.07) is 8.35. The van der Waals surface area contributed by atoms with Crippen LogP contribution in [0.25, 0.3) is 6.08 Å². The first-order valence-corrected chi connectivity index (χ1v) is 5.20. The number of rotatable bonds is 3. The molecule has 0 radical (unpaired) electrons. The average Bonchev–Trinajstić information content (AvgIpc) is 2.63. The molecule has 0 aliphatic rings. The van der Waals surface area contributed by atoms with Gasteiger partial charge in [-0.1, -0.05) is 42.5 Å². The van der Waals surface area contributed by atoms with Gasteiger partial charge in [0.25, 0.3) is 0 Å². The third-order valence-electron chi connectivity index (χ3n) is 2.58. The lowest BCUT2D eigenvalue weighted by molar-refractivity contribution is 0.697. The molecule has 0 unspecified atom stereocenters. The van der Waals surface area contributed by atoms with Crippen LogP contribution in [0.15, 0.2) is 37.0 Å². The van der Waals surface area contributed by atoms with Gasteiger partial charge < -0.3 is 5.73 Å². The number of aryl methyl sites for hydroxylation is 1. The molecule has 0 aliphatic carbocycles. The molecular formula is C13H15N3. The topological polar surface area (TPSA) is 43.8 Å². The number of benzene rings is 1. The first-order valence-electron chi connectivity index (χ1n) is 5.20. The molecule has 2 N–H and O–H groups in total. The highest BCUT2D eigenvalue weighted by Crippen LogP contribution is 2.14. The first kappa shape index (κ1) is 10.5. The van der Waals surface area contributed by atoms with Gasteiger partial charge in [0.15, 0.2) is 0 Å². The van der Waals surface area contributed by atoms with Crippen LogP contribution in [0.1, 0.15) is 16.7 Å². The van der Waals surface area contributed by atoms with Gasteiger partial charge in [0.05, 0.1) is 12.7 Å². The van der Waals surface area contributed by atoms with E-state index >= 15 is 0 Å². The predicted molar refractivity (Wildman–Crippen MR) is 67.0 cm³/mol. The number of hydrogen-bond donors (Lipinski definition) is 1. The number of anilines is 1. The van der Waals surface area contributed by atoms with E-state index in [2.05, 4.69) is 42.9 Å². The van der Waals surface area contributed by atoms with Gasteiger partial charge in [-0.15, -0.1) is 0 Å². The Morgan fingerprint density at radius 2 is 2.06 bits per heavy atom. The third-order valence-corrected chi connectivity index (χ3v) is 2.58. The molecule has 0 bridgehead atoms. The lowest BCUT2D eigenvalue weighted by Crippen LogP contribution is -2.06. The fraction of sp³-hybridized carbons (Fsp3) is 0.154. The smallest absolute Gasteiger partial charge is 0.129 e. The zero-order chi connectivity index (χ0) is 11.5. The molecule has 0 saturated heterocycles. The molecule has 0 saturated carbocycles. The van der Waals surface area contributed by atoms with E-state index in [-0.39, 0.29) is 0 Å². The highest BCUT2D eigenvalue weighted by Gasteiger charge is 2.04. The molecule has 1 aromatic heterocycles. The van der Waals surface area contributed by atoms with Crippen molar-refractivity contribution in [3.8, 4) is 0 Å². The summed E-state index contributed by atoms with van der Waals surface area (Å²) in [6.45, 7) is 6.46. The van der Waals surface area contributed by atoms with Gasteiger partial charge in [-0.05, 0) is 12.5 Å². The van der Waals surface area contributed by atoms with Crippen LogP contribution >= 0.6 is 0 Å². The summed E-state index contributed by atoms with van der Waals surface area (Å²) in [5.74, 6) is 0.663. The van der Waals surface area contributed by atoms with Crippen LogP contribution in [0.5, 0.6) is 0 Å². The molecule has 1 aromatic carbocycles.